The highest BCUT2D eigenvalue weighted by Crippen LogP contribution is 2.34. The maximum Gasteiger partial charge on any atom is 0.337 e. The van der Waals surface area contributed by atoms with Crippen molar-refractivity contribution in [1.82, 2.24) is 5.32 Å². The normalized spacial score (nSPS) is 14.8. The molecular formula is C27H30N2O4S2. The van der Waals surface area contributed by atoms with Crippen LogP contribution in [-0.4, -0.2) is 30.9 Å². The number of methoxy groups -OCH3 is 1. The van der Waals surface area contributed by atoms with E-state index in [-0.39, 0.29) is 24.3 Å². The Morgan fingerprint density at radius 1 is 1.03 bits per heavy atom. The quantitative estimate of drug-likeness (QED) is 0.396. The van der Waals surface area contributed by atoms with E-state index in [4.69, 9.17) is 4.74 Å². The van der Waals surface area contributed by atoms with E-state index in [1.165, 1.54) is 36.2 Å². The first-order valence-corrected chi connectivity index (χ1v) is 13.6. The second-order valence-electron chi connectivity index (χ2n) is 8.77. The molecule has 2 amide bonds. The van der Waals surface area contributed by atoms with Crippen molar-refractivity contribution in [3.05, 3.63) is 74.1 Å². The Hall–Kier alpha value is -2.97. The number of hydrogen-bond donors (Lipinski definition) is 1. The van der Waals surface area contributed by atoms with Crippen molar-refractivity contribution >= 4 is 46.1 Å². The first-order valence-electron chi connectivity index (χ1n) is 11.8. The molecule has 2 heterocycles. The second-order valence-corrected chi connectivity index (χ2v) is 10.8. The molecule has 4 rings (SSSR count). The SMILES string of the molecule is COC(=O)c1ccc(N(C(=O)Cc2cccs2)[C@H](C(=O)NC2CCCCC2)c2sccc2C)cc1. The van der Waals surface area contributed by atoms with Gasteiger partial charge < -0.3 is 10.1 Å². The topological polar surface area (TPSA) is 75.7 Å². The third-order valence-corrected chi connectivity index (χ3v) is 8.30. The first kappa shape index (κ1) is 25.1. The van der Waals surface area contributed by atoms with E-state index in [0.717, 1.165) is 41.0 Å². The van der Waals surface area contributed by atoms with Gasteiger partial charge in [0.15, 0.2) is 0 Å². The molecule has 1 saturated carbocycles. The summed E-state index contributed by atoms with van der Waals surface area (Å²) in [5, 5.41) is 7.13. The highest BCUT2D eigenvalue weighted by atomic mass is 32.1. The highest BCUT2D eigenvalue weighted by Gasteiger charge is 2.35. The van der Waals surface area contributed by atoms with Crippen LogP contribution in [0.3, 0.4) is 0 Å². The Bertz CT molecular complexity index is 1150. The summed E-state index contributed by atoms with van der Waals surface area (Å²) in [6, 6.07) is 11.8. The summed E-state index contributed by atoms with van der Waals surface area (Å²) in [7, 11) is 1.33. The molecule has 2 aromatic heterocycles. The number of hydrogen-bond acceptors (Lipinski definition) is 6. The van der Waals surface area contributed by atoms with Crippen LogP contribution in [0.4, 0.5) is 5.69 Å². The zero-order chi connectivity index (χ0) is 24.8. The molecule has 0 radical (unpaired) electrons. The summed E-state index contributed by atoms with van der Waals surface area (Å²) in [5.74, 6) is -0.789. The predicted molar refractivity (Wildman–Crippen MR) is 140 cm³/mol. The van der Waals surface area contributed by atoms with Gasteiger partial charge in [-0.3, -0.25) is 14.5 Å². The molecule has 1 aromatic carbocycles. The third kappa shape index (κ3) is 6.00. The van der Waals surface area contributed by atoms with Gasteiger partial charge in [-0.15, -0.1) is 22.7 Å². The number of nitrogens with one attached hydrogen (secondary N) is 1. The number of benzene rings is 1. The lowest BCUT2D eigenvalue weighted by molar-refractivity contribution is -0.127. The van der Waals surface area contributed by atoms with Crippen LogP contribution in [0.5, 0.6) is 0 Å². The minimum Gasteiger partial charge on any atom is -0.465 e. The number of carbonyl (C=O) groups is 3. The van der Waals surface area contributed by atoms with Crippen LogP contribution in [0, 0.1) is 6.92 Å². The molecule has 1 atom stereocenters. The number of esters is 1. The maximum atomic E-state index is 13.8. The molecule has 0 unspecified atom stereocenters. The molecule has 8 heteroatoms. The maximum absolute atomic E-state index is 13.8. The van der Waals surface area contributed by atoms with Crippen LogP contribution in [0.15, 0.2) is 53.2 Å². The first-order chi connectivity index (χ1) is 17.0. The molecule has 35 heavy (non-hydrogen) atoms. The zero-order valence-electron chi connectivity index (χ0n) is 20.0. The largest absolute Gasteiger partial charge is 0.465 e. The Kier molecular flexibility index (Phi) is 8.36. The Morgan fingerprint density at radius 2 is 1.77 bits per heavy atom. The van der Waals surface area contributed by atoms with E-state index in [9.17, 15) is 14.4 Å². The zero-order valence-corrected chi connectivity index (χ0v) is 21.6. The summed E-state index contributed by atoms with van der Waals surface area (Å²) in [6.45, 7) is 1.97. The molecule has 1 aliphatic rings. The van der Waals surface area contributed by atoms with E-state index in [1.807, 2.05) is 35.9 Å². The number of thiophene rings is 2. The molecule has 1 aliphatic carbocycles. The summed E-state index contributed by atoms with van der Waals surface area (Å²) in [4.78, 5) is 43.0. The van der Waals surface area contributed by atoms with Gasteiger partial charge in [-0.2, -0.15) is 0 Å². The van der Waals surface area contributed by atoms with Gasteiger partial charge in [0.1, 0.15) is 6.04 Å². The number of aryl methyl sites for hydroxylation is 1. The number of carbonyl (C=O) groups excluding carboxylic acids is 3. The summed E-state index contributed by atoms with van der Waals surface area (Å²) < 4.78 is 4.82. The highest BCUT2D eigenvalue weighted by molar-refractivity contribution is 7.10. The fourth-order valence-corrected chi connectivity index (χ4v) is 6.22. The third-order valence-electron chi connectivity index (χ3n) is 6.35. The van der Waals surface area contributed by atoms with Crippen molar-refractivity contribution in [2.24, 2.45) is 0 Å². The van der Waals surface area contributed by atoms with Crippen molar-refractivity contribution < 1.29 is 19.1 Å². The molecule has 0 saturated heterocycles. The molecule has 6 nitrogen and oxygen atoms in total. The molecule has 3 aromatic rings. The van der Waals surface area contributed by atoms with Gasteiger partial charge in [0.05, 0.1) is 19.1 Å². The van der Waals surface area contributed by atoms with Gasteiger partial charge in [-0.05, 0) is 72.5 Å². The number of rotatable bonds is 8. The second kappa shape index (κ2) is 11.6. The molecule has 1 N–H and O–H groups in total. The standard InChI is InChI=1S/C27H30N2O4S2/c1-18-14-16-35-25(18)24(26(31)28-20-7-4-3-5-8-20)29(23(30)17-22-9-6-15-34-22)21-12-10-19(11-13-21)27(32)33-2/h6,9-16,20,24H,3-5,7-8,17H2,1-2H3,(H,28,31)/t24-/m0/s1. The fraction of sp³-hybridized carbons (Fsp3) is 0.370. The molecule has 0 spiro atoms. The average molecular weight is 511 g/mol. The van der Waals surface area contributed by atoms with Crippen molar-refractivity contribution in [3.8, 4) is 0 Å². The van der Waals surface area contributed by atoms with E-state index < -0.39 is 12.0 Å². The van der Waals surface area contributed by atoms with Crippen LogP contribution >= 0.6 is 22.7 Å². The van der Waals surface area contributed by atoms with Gasteiger partial charge in [-0.1, -0.05) is 25.3 Å². The lowest BCUT2D eigenvalue weighted by atomic mass is 9.95. The van der Waals surface area contributed by atoms with Crippen LogP contribution in [0.25, 0.3) is 0 Å². The number of ether oxygens (including phenoxy) is 1. The number of amides is 2. The van der Waals surface area contributed by atoms with Gasteiger partial charge in [-0.25, -0.2) is 4.79 Å². The number of anilines is 1. The van der Waals surface area contributed by atoms with E-state index in [0.29, 0.717) is 11.3 Å². The Labute approximate surface area is 213 Å². The molecule has 0 aliphatic heterocycles. The summed E-state index contributed by atoms with van der Waals surface area (Å²) >= 11 is 3.00. The Morgan fingerprint density at radius 3 is 2.37 bits per heavy atom. The van der Waals surface area contributed by atoms with Crippen molar-refractivity contribution in [2.45, 2.75) is 57.5 Å². The molecule has 0 bridgehead atoms. The predicted octanol–water partition coefficient (Wildman–Crippen LogP) is 5.67. The fourth-order valence-electron chi connectivity index (χ4n) is 4.51. The van der Waals surface area contributed by atoms with Crippen molar-refractivity contribution in [2.75, 3.05) is 12.0 Å². The monoisotopic (exact) mass is 510 g/mol. The molecule has 184 valence electrons. The van der Waals surface area contributed by atoms with Crippen LogP contribution < -0.4 is 10.2 Å². The molecule has 1 fully saturated rings. The minimum atomic E-state index is -0.798. The minimum absolute atomic E-state index is 0.120. The van der Waals surface area contributed by atoms with Gasteiger partial charge in [0.25, 0.3) is 0 Å². The van der Waals surface area contributed by atoms with Crippen molar-refractivity contribution in [1.29, 1.82) is 0 Å². The summed E-state index contributed by atoms with van der Waals surface area (Å²) in [5.41, 5.74) is 1.92. The smallest absolute Gasteiger partial charge is 0.337 e. The average Bonchev–Trinajstić information content (AvgIpc) is 3.54. The van der Waals surface area contributed by atoms with Crippen LogP contribution in [-0.2, 0) is 20.7 Å². The van der Waals surface area contributed by atoms with Gasteiger partial charge in [0, 0.05) is 21.5 Å². The lowest BCUT2D eigenvalue weighted by Crippen LogP contribution is -2.47. The van der Waals surface area contributed by atoms with Gasteiger partial charge >= 0.3 is 5.97 Å². The summed E-state index contributed by atoms with van der Waals surface area (Å²) in [6.07, 6.45) is 5.50. The van der Waals surface area contributed by atoms with E-state index in [2.05, 4.69) is 5.32 Å². The Balaban J connectivity index is 1.74. The molecular weight excluding hydrogens is 480 g/mol. The van der Waals surface area contributed by atoms with Gasteiger partial charge in [0.2, 0.25) is 11.8 Å². The van der Waals surface area contributed by atoms with Crippen LogP contribution in [0.2, 0.25) is 0 Å². The van der Waals surface area contributed by atoms with Crippen LogP contribution in [0.1, 0.15) is 63.8 Å². The van der Waals surface area contributed by atoms with E-state index >= 15 is 0 Å². The van der Waals surface area contributed by atoms with Crippen molar-refractivity contribution in [3.63, 3.8) is 0 Å². The number of nitrogens with zero attached hydrogens (tertiary/aromatic N) is 1. The van der Waals surface area contributed by atoms with E-state index in [1.54, 1.807) is 29.2 Å². The lowest BCUT2D eigenvalue weighted by Gasteiger charge is -2.33.